The molecule has 296 valence electrons. The van der Waals surface area contributed by atoms with E-state index in [1.807, 2.05) is 0 Å². The lowest BCUT2D eigenvalue weighted by Crippen LogP contribution is -2.41. The first-order valence-corrected chi connectivity index (χ1v) is 23.1. The van der Waals surface area contributed by atoms with Crippen LogP contribution in [0.15, 0.2) is 150 Å². The topological polar surface area (TPSA) is 8.17 Å². The fourth-order valence-corrected chi connectivity index (χ4v) is 13.4. The third-order valence-electron chi connectivity index (χ3n) is 16.2. The smallest absolute Gasteiger partial charge is 0.0548 e. The van der Waals surface area contributed by atoms with E-state index in [1.165, 1.54) is 65.8 Å². The molecule has 59 heavy (non-hydrogen) atoms. The molecule has 7 unspecified atom stereocenters. The van der Waals surface area contributed by atoms with E-state index in [0.29, 0.717) is 41.7 Å². The standard InChI is InChI=1S/C57H58N2/c1-57(2)51-22-12-9-19-45(51)46-28-27-43(36-52(46)57)58-53-23-13-10-20-47(53)49-34-39(25-29-55(49)58)40-26-30-56-50(35-40)48-21-11-14-24-54(48)59(56)44-32-41(37-15-5-3-6-16-37)31-42(33-44)38-17-7-4-8-18-38/h3-9,11-12,14-17,19,21-22,24-26,29-30,32,36,38-39,42,44,48,50,54H,10,13,18,20,23,27-28,31,33-35H2,1-2H3. The Hall–Kier alpha value is -5.08. The van der Waals surface area contributed by atoms with Crippen LogP contribution in [0.25, 0.3) is 22.9 Å². The number of likely N-dealkylation sites (tertiary alicyclic amines) is 1. The second-order valence-corrected chi connectivity index (χ2v) is 19.6. The number of rotatable bonds is 5. The van der Waals surface area contributed by atoms with E-state index in [9.17, 15) is 0 Å². The molecule has 0 N–H and O–H groups in total. The molecule has 1 aliphatic heterocycles. The van der Waals surface area contributed by atoms with Crippen molar-refractivity contribution in [2.24, 2.45) is 29.6 Å². The number of benzene rings is 2. The maximum absolute atomic E-state index is 2.88. The van der Waals surface area contributed by atoms with Gasteiger partial charge in [0.2, 0.25) is 0 Å². The Balaban J connectivity index is 0.876. The summed E-state index contributed by atoms with van der Waals surface area (Å²) in [5.74, 6) is 2.75. The lowest BCUT2D eigenvalue weighted by atomic mass is 9.74. The van der Waals surface area contributed by atoms with Crippen LogP contribution in [-0.2, 0) is 24.7 Å². The van der Waals surface area contributed by atoms with Crippen molar-refractivity contribution in [3.8, 4) is 0 Å². The average molecular weight is 771 g/mol. The molecule has 0 spiro atoms. The van der Waals surface area contributed by atoms with Gasteiger partial charge in [0.1, 0.15) is 0 Å². The van der Waals surface area contributed by atoms with Gasteiger partial charge in [0.15, 0.2) is 0 Å². The van der Waals surface area contributed by atoms with Crippen LogP contribution in [0.5, 0.6) is 0 Å². The quantitative estimate of drug-likeness (QED) is 0.251. The van der Waals surface area contributed by atoms with Crippen molar-refractivity contribution in [2.45, 2.75) is 102 Å². The van der Waals surface area contributed by atoms with Crippen LogP contribution in [0.3, 0.4) is 0 Å². The van der Waals surface area contributed by atoms with Crippen LogP contribution in [0.1, 0.15) is 104 Å². The van der Waals surface area contributed by atoms with Crippen molar-refractivity contribution in [1.82, 2.24) is 9.47 Å². The Kier molecular flexibility index (Phi) is 8.51. The lowest BCUT2D eigenvalue weighted by molar-refractivity contribution is 0.209. The lowest BCUT2D eigenvalue weighted by Gasteiger charge is -2.42. The third kappa shape index (κ3) is 5.72. The van der Waals surface area contributed by atoms with Crippen molar-refractivity contribution in [2.75, 3.05) is 0 Å². The number of hydrogen-bond acceptors (Lipinski definition) is 1. The van der Waals surface area contributed by atoms with Crippen molar-refractivity contribution in [3.63, 3.8) is 0 Å². The van der Waals surface area contributed by atoms with Crippen molar-refractivity contribution >= 4 is 22.9 Å². The number of hydrogen-bond donors (Lipinski definition) is 0. The Morgan fingerprint density at radius 1 is 0.746 bits per heavy atom. The van der Waals surface area contributed by atoms with Crippen molar-refractivity contribution in [1.29, 1.82) is 0 Å². The summed E-state index contributed by atoms with van der Waals surface area (Å²) in [7, 11) is 0. The Bertz CT molecular complexity index is 2550. The zero-order valence-electron chi connectivity index (χ0n) is 35.0. The summed E-state index contributed by atoms with van der Waals surface area (Å²) in [4.78, 5) is 2.88. The first-order chi connectivity index (χ1) is 29.0. The van der Waals surface area contributed by atoms with Crippen molar-refractivity contribution in [3.05, 3.63) is 190 Å². The van der Waals surface area contributed by atoms with Gasteiger partial charge in [-0.25, -0.2) is 0 Å². The minimum atomic E-state index is 0.0489. The summed E-state index contributed by atoms with van der Waals surface area (Å²) in [6, 6.07) is 21.2. The molecule has 2 heteroatoms. The maximum atomic E-state index is 2.88. The summed E-state index contributed by atoms with van der Waals surface area (Å²) < 4.78 is 2.76. The largest absolute Gasteiger partial charge is 0.361 e. The van der Waals surface area contributed by atoms with E-state index in [2.05, 4.69) is 163 Å². The normalized spacial score (nSPS) is 30.7. The average Bonchev–Trinajstić information content (AvgIpc) is 3.89. The molecular weight excluding hydrogens is 713 g/mol. The molecule has 1 saturated heterocycles. The van der Waals surface area contributed by atoms with Gasteiger partial charge in [-0.2, -0.15) is 0 Å². The summed E-state index contributed by atoms with van der Waals surface area (Å²) >= 11 is 0. The van der Waals surface area contributed by atoms with Gasteiger partial charge in [-0.3, -0.25) is 0 Å². The molecular formula is C57H58N2. The highest BCUT2D eigenvalue weighted by Crippen LogP contribution is 2.54. The number of allylic oxidation sites excluding steroid dienone is 16. The molecule has 2 nitrogen and oxygen atoms in total. The molecule has 1 fully saturated rings. The second kappa shape index (κ2) is 14.0. The first-order valence-electron chi connectivity index (χ1n) is 23.1. The summed E-state index contributed by atoms with van der Waals surface area (Å²) in [5.41, 5.74) is 20.3. The third-order valence-corrected chi connectivity index (χ3v) is 16.2. The highest BCUT2D eigenvalue weighted by atomic mass is 15.2. The van der Waals surface area contributed by atoms with E-state index in [0.717, 1.165) is 38.5 Å². The molecule has 2 aromatic carbocycles. The van der Waals surface area contributed by atoms with Crippen LogP contribution in [0.2, 0.25) is 0 Å². The van der Waals surface area contributed by atoms with Gasteiger partial charge in [-0.05, 0) is 145 Å². The number of nitrogens with zero attached hydrogens (tertiary/aromatic N) is 2. The maximum Gasteiger partial charge on any atom is 0.0548 e. The van der Waals surface area contributed by atoms with Crippen LogP contribution in [0, 0.1) is 29.6 Å². The highest BCUT2D eigenvalue weighted by molar-refractivity contribution is 5.87. The minimum absolute atomic E-state index is 0.0489. The molecule has 3 aromatic rings. The molecule has 0 saturated carbocycles. The van der Waals surface area contributed by atoms with Gasteiger partial charge in [0.25, 0.3) is 0 Å². The molecule has 1 aromatic heterocycles. The summed E-state index contributed by atoms with van der Waals surface area (Å²) in [6.07, 6.45) is 47.9. The molecule has 7 atom stereocenters. The van der Waals surface area contributed by atoms with Gasteiger partial charge in [0.05, 0.1) is 6.04 Å². The molecule has 0 amide bonds. The minimum Gasteiger partial charge on any atom is -0.361 e. The van der Waals surface area contributed by atoms with Crippen LogP contribution in [0.4, 0.5) is 0 Å². The van der Waals surface area contributed by atoms with Crippen LogP contribution < -0.4 is 0 Å². The van der Waals surface area contributed by atoms with Crippen LogP contribution in [-0.4, -0.2) is 21.6 Å². The summed E-state index contributed by atoms with van der Waals surface area (Å²) in [6.45, 7) is 4.89. The molecule has 2 heterocycles. The molecule has 8 aliphatic carbocycles. The zero-order valence-corrected chi connectivity index (χ0v) is 35.0. The Morgan fingerprint density at radius 2 is 1.59 bits per heavy atom. The molecule has 0 bridgehead atoms. The van der Waals surface area contributed by atoms with Gasteiger partial charge in [-0.15, -0.1) is 0 Å². The number of aromatic nitrogens is 1. The molecule has 12 rings (SSSR count). The summed E-state index contributed by atoms with van der Waals surface area (Å²) in [5, 5.41) is 0. The SMILES string of the molecule is CC1(C)C2=C(CCC(n3c4c(c5c3CCCC5)CC(C3=CC=C5C(C3)C3C=CC=CC3N5C3C=C(c5ccccc5)CC(C5C=CC=CC5)C3)C=C4)=C2)c2ccccc21. The van der Waals surface area contributed by atoms with Crippen LogP contribution >= 0.6 is 0 Å². The van der Waals surface area contributed by atoms with Gasteiger partial charge >= 0.3 is 0 Å². The van der Waals surface area contributed by atoms with Gasteiger partial charge in [0, 0.05) is 52.0 Å². The monoisotopic (exact) mass is 770 g/mol. The van der Waals surface area contributed by atoms with Gasteiger partial charge in [-0.1, -0.05) is 141 Å². The predicted molar refractivity (Wildman–Crippen MR) is 246 cm³/mol. The molecule has 9 aliphatic rings. The Labute approximate surface area is 352 Å². The highest BCUT2D eigenvalue weighted by Gasteiger charge is 2.48. The van der Waals surface area contributed by atoms with Gasteiger partial charge < -0.3 is 9.47 Å². The zero-order chi connectivity index (χ0) is 39.2. The predicted octanol–water partition coefficient (Wildman–Crippen LogP) is 13.2. The van der Waals surface area contributed by atoms with E-state index >= 15 is 0 Å². The fourth-order valence-electron chi connectivity index (χ4n) is 13.4. The van der Waals surface area contributed by atoms with Crippen molar-refractivity contribution < 1.29 is 0 Å². The number of fused-ring (bicyclic) bond motifs is 8. The first kappa shape index (κ1) is 35.8. The van der Waals surface area contributed by atoms with E-state index in [-0.39, 0.29) is 5.41 Å². The molecule has 0 radical (unpaired) electrons. The Morgan fingerprint density at radius 3 is 2.49 bits per heavy atom. The van der Waals surface area contributed by atoms with E-state index in [1.54, 1.807) is 39.2 Å². The fraction of sp³-hybridized carbons (Fsp3) is 0.368. The van der Waals surface area contributed by atoms with E-state index < -0.39 is 0 Å². The second-order valence-electron chi connectivity index (χ2n) is 19.6. The van der Waals surface area contributed by atoms with E-state index in [4.69, 9.17) is 0 Å².